The van der Waals surface area contributed by atoms with E-state index in [9.17, 15) is 14.0 Å². The molecule has 4 aromatic carbocycles. The van der Waals surface area contributed by atoms with Gasteiger partial charge in [0.1, 0.15) is 11.4 Å². The Kier molecular flexibility index (Phi) is 5.62. The highest BCUT2D eigenvalue weighted by Gasteiger charge is 2.34. The van der Waals surface area contributed by atoms with E-state index in [0.717, 1.165) is 22.0 Å². The first-order valence-corrected chi connectivity index (χ1v) is 12.1. The van der Waals surface area contributed by atoms with Crippen molar-refractivity contribution in [2.75, 3.05) is 4.90 Å². The Labute approximate surface area is 217 Å². The van der Waals surface area contributed by atoms with Crippen molar-refractivity contribution >= 4 is 62.6 Å². The molecule has 37 heavy (non-hydrogen) atoms. The summed E-state index contributed by atoms with van der Waals surface area (Å²) >= 11 is 5.25. The van der Waals surface area contributed by atoms with Crippen molar-refractivity contribution in [1.82, 2.24) is 9.88 Å². The number of hydrogen-bond donors (Lipinski definition) is 1. The Morgan fingerprint density at radius 2 is 1.54 bits per heavy atom. The predicted octanol–water partition coefficient (Wildman–Crippen LogP) is 5.81. The molecule has 0 atom stereocenters. The minimum atomic E-state index is -0.570. The molecule has 0 radical (unpaired) electrons. The van der Waals surface area contributed by atoms with Gasteiger partial charge < -0.3 is 4.57 Å². The second kappa shape index (κ2) is 9.11. The molecule has 0 unspecified atom stereocenters. The lowest BCUT2D eigenvalue weighted by molar-refractivity contribution is -0.122. The molecular formula is C30H20FN3O2S. The average molecular weight is 506 g/mol. The molecule has 5 aromatic rings. The third kappa shape index (κ3) is 4.09. The molecule has 1 N–H and O–H groups in total. The number of anilines is 1. The number of benzene rings is 4. The summed E-state index contributed by atoms with van der Waals surface area (Å²) in [4.78, 5) is 27.5. The molecule has 1 aliphatic heterocycles. The number of amides is 2. The molecule has 0 spiro atoms. The molecule has 180 valence electrons. The molecule has 1 aliphatic rings. The number of nitrogens with zero attached hydrogens (tertiary/aromatic N) is 2. The maximum atomic E-state index is 13.4. The summed E-state index contributed by atoms with van der Waals surface area (Å²) in [5, 5.41) is 5.80. The number of carbonyl (C=O) groups is 2. The molecule has 5 nitrogen and oxygen atoms in total. The summed E-state index contributed by atoms with van der Waals surface area (Å²) in [6, 6.07) is 27.7. The summed E-state index contributed by atoms with van der Waals surface area (Å²) in [6.07, 6.45) is 3.55. The van der Waals surface area contributed by atoms with E-state index in [-0.39, 0.29) is 10.7 Å². The molecule has 1 fully saturated rings. The molecule has 2 heterocycles. The van der Waals surface area contributed by atoms with E-state index in [4.69, 9.17) is 12.2 Å². The SMILES string of the molecule is O=C1NC(=S)N(c2ccc(F)cc2)C(=O)/C1=C\c1cn(Cc2cccc3ccccc23)c2ccccc12. The summed E-state index contributed by atoms with van der Waals surface area (Å²) in [6.45, 7) is 0.622. The van der Waals surface area contributed by atoms with Crippen LogP contribution in [0, 0.1) is 5.82 Å². The number of hydrogen-bond acceptors (Lipinski definition) is 3. The van der Waals surface area contributed by atoms with Gasteiger partial charge in [-0.15, -0.1) is 0 Å². The first-order valence-electron chi connectivity index (χ1n) is 11.7. The Morgan fingerprint density at radius 1 is 0.838 bits per heavy atom. The fourth-order valence-corrected chi connectivity index (χ4v) is 5.05. The van der Waals surface area contributed by atoms with Crippen LogP contribution in [0.15, 0.2) is 103 Å². The number of halogens is 1. The van der Waals surface area contributed by atoms with Gasteiger partial charge in [-0.3, -0.25) is 19.8 Å². The van der Waals surface area contributed by atoms with E-state index in [1.165, 1.54) is 39.9 Å². The topological polar surface area (TPSA) is 54.3 Å². The van der Waals surface area contributed by atoms with Gasteiger partial charge in [-0.25, -0.2) is 4.39 Å². The van der Waals surface area contributed by atoms with Gasteiger partial charge in [0.2, 0.25) is 0 Å². The highest BCUT2D eigenvalue weighted by atomic mass is 32.1. The molecule has 0 saturated carbocycles. The quantitative estimate of drug-likeness (QED) is 0.190. The number of fused-ring (bicyclic) bond motifs is 2. The molecule has 6 rings (SSSR count). The summed E-state index contributed by atoms with van der Waals surface area (Å²) < 4.78 is 15.6. The molecule has 2 amide bonds. The number of thiocarbonyl (C=S) groups is 1. The van der Waals surface area contributed by atoms with Gasteiger partial charge in [-0.05, 0) is 65.0 Å². The van der Waals surface area contributed by atoms with Crippen molar-refractivity contribution in [3.8, 4) is 0 Å². The van der Waals surface area contributed by atoms with Crippen LogP contribution in [-0.2, 0) is 16.1 Å². The van der Waals surface area contributed by atoms with Crippen LogP contribution in [0.5, 0.6) is 0 Å². The van der Waals surface area contributed by atoms with Gasteiger partial charge >= 0.3 is 0 Å². The fourth-order valence-electron chi connectivity index (χ4n) is 4.77. The zero-order valence-electron chi connectivity index (χ0n) is 19.5. The van der Waals surface area contributed by atoms with Crippen molar-refractivity contribution in [3.63, 3.8) is 0 Å². The van der Waals surface area contributed by atoms with Crippen LogP contribution < -0.4 is 10.2 Å². The van der Waals surface area contributed by atoms with E-state index >= 15 is 0 Å². The fraction of sp³-hybridized carbons (Fsp3) is 0.0333. The van der Waals surface area contributed by atoms with Crippen LogP contribution in [0.1, 0.15) is 11.1 Å². The second-order valence-electron chi connectivity index (χ2n) is 8.80. The van der Waals surface area contributed by atoms with Gasteiger partial charge in [-0.1, -0.05) is 60.7 Å². The predicted molar refractivity (Wildman–Crippen MR) is 148 cm³/mol. The maximum absolute atomic E-state index is 13.4. The molecule has 0 bridgehead atoms. The van der Waals surface area contributed by atoms with E-state index < -0.39 is 17.6 Å². The van der Waals surface area contributed by atoms with Crippen molar-refractivity contribution in [2.24, 2.45) is 0 Å². The Hall–Kier alpha value is -4.62. The van der Waals surface area contributed by atoms with Crippen LogP contribution in [0.25, 0.3) is 27.8 Å². The van der Waals surface area contributed by atoms with Crippen molar-refractivity contribution in [2.45, 2.75) is 6.54 Å². The minimum Gasteiger partial charge on any atom is -0.342 e. The number of nitrogens with one attached hydrogen (secondary N) is 1. The van der Waals surface area contributed by atoms with E-state index in [2.05, 4.69) is 34.1 Å². The summed E-state index contributed by atoms with van der Waals surface area (Å²) in [7, 11) is 0. The Morgan fingerprint density at radius 3 is 2.35 bits per heavy atom. The van der Waals surface area contributed by atoms with Crippen LogP contribution in [-0.4, -0.2) is 21.5 Å². The van der Waals surface area contributed by atoms with Gasteiger partial charge in [0.25, 0.3) is 11.8 Å². The largest absolute Gasteiger partial charge is 0.342 e. The molecule has 1 aromatic heterocycles. The number of aromatic nitrogens is 1. The van der Waals surface area contributed by atoms with Crippen LogP contribution in [0.4, 0.5) is 10.1 Å². The molecule has 0 aliphatic carbocycles. The average Bonchev–Trinajstić information content (AvgIpc) is 3.25. The van der Waals surface area contributed by atoms with Crippen molar-refractivity contribution in [1.29, 1.82) is 0 Å². The second-order valence-corrected chi connectivity index (χ2v) is 9.19. The van der Waals surface area contributed by atoms with Crippen LogP contribution in [0.2, 0.25) is 0 Å². The number of carbonyl (C=O) groups excluding carboxylic acids is 2. The van der Waals surface area contributed by atoms with E-state index in [1.807, 2.05) is 48.7 Å². The van der Waals surface area contributed by atoms with Crippen molar-refractivity contribution < 1.29 is 14.0 Å². The molecule has 1 saturated heterocycles. The first-order chi connectivity index (χ1) is 18.0. The molecular weight excluding hydrogens is 485 g/mol. The summed E-state index contributed by atoms with van der Waals surface area (Å²) in [5.74, 6) is -1.57. The zero-order valence-corrected chi connectivity index (χ0v) is 20.3. The smallest absolute Gasteiger partial charge is 0.270 e. The van der Waals surface area contributed by atoms with Gasteiger partial charge in [-0.2, -0.15) is 0 Å². The van der Waals surface area contributed by atoms with Crippen molar-refractivity contribution in [3.05, 3.63) is 120 Å². The van der Waals surface area contributed by atoms with Gasteiger partial charge in [0, 0.05) is 29.2 Å². The third-order valence-corrected chi connectivity index (χ3v) is 6.81. The number of rotatable bonds is 4. The highest BCUT2D eigenvalue weighted by molar-refractivity contribution is 7.80. The standard InChI is InChI=1S/C30H20FN3O2S/c31-22-12-14-23(15-13-22)34-29(36)26(28(35)32-30(34)37)16-21-18-33(27-11-4-3-10-25(21)27)17-20-8-5-7-19-6-1-2-9-24(19)20/h1-16,18H,17H2,(H,32,35,37)/b26-16-. The van der Waals surface area contributed by atoms with Crippen LogP contribution in [0.3, 0.4) is 0 Å². The van der Waals surface area contributed by atoms with E-state index in [1.54, 1.807) is 6.08 Å². The minimum absolute atomic E-state index is 0.0443. The maximum Gasteiger partial charge on any atom is 0.270 e. The molecule has 7 heteroatoms. The Bertz CT molecular complexity index is 1750. The highest BCUT2D eigenvalue weighted by Crippen LogP contribution is 2.28. The van der Waals surface area contributed by atoms with Gasteiger partial charge in [0.15, 0.2) is 5.11 Å². The van der Waals surface area contributed by atoms with Gasteiger partial charge in [0.05, 0.1) is 5.69 Å². The lowest BCUT2D eigenvalue weighted by Crippen LogP contribution is -2.54. The first kappa shape index (κ1) is 22.8. The van der Waals surface area contributed by atoms with E-state index in [0.29, 0.717) is 12.2 Å². The van der Waals surface area contributed by atoms with Crippen LogP contribution >= 0.6 is 12.2 Å². The Balaban J connectivity index is 1.43. The zero-order chi connectivity index (χ0) is 25.5. The lowest BCUT2D eigenvalue weighted by Gasteiger charge is -2.28. The lowest BCUT2D eigenvalue weighted by atomic mass is 10.0. The summed E-state index contributed by atoms with van der Waals surface area (Å²) in [5.41, 5.74) is 3.21. The third-order valence-electron chi connectivity index (χ3n) is 6.53. The normalized spacial score (nSPS) is 15.1. The number of para-hydroxylation sites is 1. The monoisotopic (exact) mass is 505 g/mol.